The van der Waals surface area contributed by atoms with E-state index in [4.69, 9.17) is 10.7 Å². The first kappa shape index (κ1) is 26.2. The summed E-state index contributed by atoms with van der Waals surface area (Å²) in [6.07, 6.45) is 4.54. The van der Waals surface area contributed by atoms with E-state index >= 15 is 0 Å². The molecule has 1 heterocycles. The molecular weight excluding hydrogens is 426 g/mol. The molecule has 1 aromatic rings. The fourth-order valence-corrected chi connectivity index (χ4v) is 5.84. The zero-order valence-corrected chi connectivity index (χ0v) is 21.7. The third-order valence-corrected chi connectivity index (χ3v) is 8.09. The zero-order chi connectivity index (χ0) is 25.3. The topological polar surface area (TPSA) is 103 Å². The highest BCUT2D eigenvalue weighted by molar-refractivity contribution is 5.96. The molecule has 0 saturated carbocycles. The average Bonchev–Trinajstić information content (AvgIpc) is 3.00. The summed E-state index contributed by atoms with van der Waals surface area (Å²) in [4.78, 5) is 20.3. The van der Waals surface area contributed by atoms with Gasteiger partial charge in [-0.15, -0.1) is 0 Å². The van der Waals surface area contributed by atoms with E-state index in [2.05, 4.69) is 42.0 Å². The van der Waals surface area contributed by atoms with Gasteiger partial charge in [0.1, 0.15) is 0 Å². The van der Waals surface area contributed by atoms with Gasteiger partial charge < -0.3 is 21.5 Å². The number of likely N-dealkylation sites (N-methyl/N-ethyl adjacent to an activating group) is 1. The number of amides is 1. The lowest BCUT2D eigenvalue weighted by molar-refractivity contribution is 0.0202. The van der Waals surface area contributed by atoms with Crippen LogP contribution in [0.5, 0.6) is 0 Å². The molecule has 188 valence electrons. The van der Waals surface area contributed by atoms with Gasteiger partial charge in [-0.25, -0.2) is 0 Å². The van der Waals surface area contributed by atoms with Crippen LogP contribution in [-0.2, 0) is 11.8 Å². The molecule has 1 aliphatic carbocycles. The number of rotatable bonds is 8. The number of carbonyl (C=O) groups is 1. The Bertz CT molecular complexity index is 943. The summed E-state index contributed by atoms with van der Waals surface area (Å²) in [5, 5.41) is 17.9. The lowest BCUT2D eigenvalue weighted by atomic mass is 9.71. The molecule has 1 fully saturated rings. The lowest BCUT2D eigenvalue weighted by Gasteiger charge is -2.43. The van der Waals surface area contributed by atoms with Gasteiger partial charge in [0.15, 0.2) is 0 Å². The highest BCUT2D eigenvalue weighted by Crippen LogP contribution is 2.39. The molecule has 1 aromatic carbocycles. The van der Waals surface area contributed by atoms with Gasteiger partial charge in [0.05, 0.1) is 29.6 Å². The highest BCUT2D eigenvalue weighted by atomic mass is 16.3. The number of likely N-dealkylation sites (tertiary alicyclic amines) is 1. The number of nitrogens with zero attached hydrogens (tertiary/aromatic N) is 2. The summed E-state index contributed by atoms with van der Waals surface area (Å²) < 4.78 is 0. The number of nitrogens with one attached hydrogen (secondary N) is 2. The number of amidine groups is 1. The number of nitrogens with two attached hydrogens (primary N) is 1. The van der Waals surface area contributed by atoms with E-state index < -0.39 is 17.7 Å². The second-order valence-corrected chi connectivity index (χ2v) is 10.8. The molecule has 5 N–H and O–H groups in total. The van der Waals surface area contributed by atoms with Gasteiger partial charge in [0.25, 0.3) is 5.91 Å². The molecule has 1 saturated heterocycles. The van der Waals surface area contributed by atoms with Gasteiger partial charge in [-0.05, 0) is 69.0 Å². The minimum atomic E-state index is -0.829. The van der Waals surface area contributed by atoms with Crippen molar-refractivity contribution in [1.82, 2.24) is 15.5 Å². The number of aliphatic hydroxyl groups excluding tert-OH is 1. The third kappa shape index (κ3) is 4.73. The Balaban J connectivity index is 1.88. The SMILES string of the molecule is C=CNC(C)[C@H](N=C(N)CC)[C@@]1(C)C(O)[C@H](NC(=O)c2cccc3c2CCCC3(C)C)CN1C. The maximum absolute atomic E-state index is 13.5. The van der Waals surface area contributed by atoms with E-state index in [0.717, 1.165) is 30.4 Å². The van der Waals surface area contributed by atoms with Crippen LogP contribution in [0, 0.1) is 0 Å². The van der Waals surface area contributed by atoms with E-state index in [-0.39, 0.29) is 23.4 Å². The van der Waals surface area contributed by atoms with Gasteiger partial charge in [-0.1, -0.05) is 39.5 Å². The second kappa shape index (κ2) is 10.1. The van der Waals surface area contributed by atoms with Crippen LogP contribution in [0.1, 0.15) is 75.4 Å². The van der Waals surface area contributed by atoms with E-state index in [1.807, 2.05) is 40.0 Å². The first-order valence-electron chi connectivity index (χ1n) is 12.5. The number of aliphatic imine (C=N–C) groups is 1. The van der Waals surface area contributed by atoms with E-state index in [0.29, 0.717) is 18.8 Å². The van der Waals surface area contributed by atoms with Crippen LogP contribution in [0.2, 0.25) is 0 Å². The van der Waals surface area contributed by atoms with Crippen molar-refractivity contribution in [2.45, 2.75) is 95.5 Å². The van der Waals surface area contributed by atoms with Crippen LogP contribution >= 0.6 is 0 Å². The van der Waals surface area contributed by atoms with Gasteiger partial charge in [0, 0.05) is 24.6 Å². The quantitative estimate of drug-likeness (QED) is 0.346. The van der Waals surface area contributed by atoms with Crippen LogP contribution in [0.25, 0.3) is 0 Å². The summed E-state index contributed by atoms with van der Waals surface area (Å²) in [5.74, 6) is 0.414. The molecular formula is C27H43N5O2. The minimum absolute atomic E-state index is 0.0638. The normalized spacial score (nSPS) is 28.6. The number of fused-ring (bicyclic) bond motifs is 1. The molecule has 34 heavy (non-hydrogen) atoms. The van der Waals surface area contributed by atoms with Crippen LogP contribution in [0.15, 0.2) is 36.0 Å². The smallest absolute Gasteiger partial charge is 0.251 e. The molecule has 7 heteroatoms. The molecule has 2 unspecified atom stereocenters. The van der Waals surface area contributed by atoms with E-state index in [1.165, 1.54) is 5.56 Å². The summed E-state index contributed by atoms with van der Waals surface area (Å²) in [6.45, 7) is 14.8. The molecule has 1 aliphatic heterocycles. The molecule has 1 amide bonds. The van der Waals surface area contributed by atoms with Gasteiger partial charge in [-0.2, -0.15) is 0 Å². The minimum Gasteiger partial charge on any atom is -0.389 e. The monoisotopic (exact) mass is 469 g/mol. The Morgan fingerprint density at radius 1 is 1.41 bits per heavy atom. The van der Waals surface area contributed by atoms with Crippen molar-refractivity contribution >= 4 is 11.7 Å². The van der Waals surface area contributed by atoms with Crippen LogP contribution < -0.4 is 16.4 Å². The maximum Gasteiger partial charge on any atom is 0.251 e. The van der Waals surface area contributed by atoms with Crippen LogP contribution in [0.4, 0.5) is 0 Å². The van der Waals surface area contributed by atoms with Crippen molar-refractivity contribution in [2.24, 2.45) is 10.7 Å². The number of hydrogen-bond acceptors (Lipinski definition) is 5. The lowest BCUT2D eigenvalue weighted by Crippen LogP contribution is -2.61. The Kier molecular flexibility index (Phi) is 7.78. The Morgan fingerprint density at radius 2 is 2.12 bits per heavy atom. The largest absolute Gasteiger partial charge is 0.389 e. The summed E-state index contributed by atoms with van der Waals surface area (Å²) >= 11 is 0. The fraction of sp³-hybridized carbons (Fsp3) is 0.630. The van der Waals surface area contributed by atoms with Crippen molar-refractivity contribution in [1.29, 1.82) is 0 Å². The number of carbonyl (C=O) groups excluding carboxylic acids is 1. The molecule has 5 atom stereocenters. The number of hydrogen-bond donors (Lipinski definition) is 4. The van der Waals surface area contributed by atoms with Crippen LogP contribution in [-0.4, -0.2) is 65.1 Å². The highest BCUT2D eigenvalue weighted by Gasteiger charge is 2.55. The van der Waals surface area contributed by atoms with Crippen molar-refractivity contribution in [3.05, 3.63) is 47.7 Å². The Labute approximate surface area is 204 Å². The third-order valence-electron chi connectivity index (χ3n) is 8.09. The predicted octanol–water partition coefficient (Wildman–Crippen LogP) is 2.72. The zero-order valence-electron chi connectivity index (χ0n) is 21.7. The molecule has 0 aromatic heterocycles. The summed E-state index contributed by atoms with van der Waals surface area (Å²) in [6, 6.07) is 5.16. The molecule has 7 nitrogen and oxygen atoms in total. The van der Waals surface area contributed by atoms with Crippen molar-refractivity contribution in [3.8, 4) is 0 Å². The first-order chi connectivity index (χ1) is 16.0. The van der Waals surface area contributed by atoms with E-state index in [1.54, 1.807) is 6.20 Å². The maximum atomic E-state index is 13.5. The van der Waals surface area contributed by atoms with Crippen molar-refractivity contribution in [3.63, 3.8) is 0 Å². The standard InChI is InChI=1S/C27H43N5O2/c1-8-22(28)31-23(17(3)29-9-2)27(6)24(33)21(16-32(27)7)30-25(34)19-12-10-14-20-18(19)13-11-15-26(20,4)5/h9-10,12,14,17,21,23-24,29,33H,2,8,11,13,15-16H2,1,3-7H3,(H2,28,31)(H,30,34)/t17?,21-,23+,24?,27+/m1/s1. The summed E-state index contributed by atoms with van der Waals surface area (Å²) in [5.41, 5.74) is 8.58. The average molecular weight is 470 g/mol. The molecule has 0 bridgehead atoms. The molecule has 2 aliphatic rings. The van der Waals surface area contributed by atoms with Gasteiger partial charge in [-0.3, -0.25) is 14.7 Å². The number of aliphatic hydroxyl groups is 1. The second-order valence-electron chi connectivity index (χ2n) is 10.8. The van der Waals surface area contributed by atoms with Crippen molar-refractivity contribution < 1.29 is 9.90 Å². The van der Waals surface area contributed by atoms with Gasteiger partial charge in [0.2, 0.25) is 0 Å². The van der Waals surface area contributed by atoms with Gasteiger partial charge >= 0.3 is 0 Å². The van der Waals surface area contributed by atoms with Crippen LogP contribution in [0.3, 0.4) is 0 Å². The summed E-state index contributed by atoms with van der Waals surface area (Å²) in [7, 11) is 1.97. The molecule has 0 radical (unpaired) electrons. The first-order valence-corrected chi connectivity index (χ1v) is 12.5. The Hall–Kier alpha value is -2.38. The number of benzene rings is 1. The predicted molar refractivity (Wildman–Crippen MR) is 139 cm³/mol. The molecule has 0 spiro atoms. The fourth-order valence-electron chi connectivity index (χ4n) is 5.84. The van der Waals surface area contributed by atoms with Crippen molar-refractivity contribution in [2.75, 3.05) is 13.6 Å². The molecule has 3 rings (SSSR count). The van der Waals surface area contributed by atoms with E-state index in [9.17, 15) is 9.90 Å². The Morgan fingerprint density at radius 3 is 2.76 bits per heavy atom.